The first-order chi connectivity index (χ1) is 8.20. The third kappa shape index (κ3) is 2.77. The average Bonchev–Trinajstić information content (AvgIpc) is 2.39. The van der Waals surface area contributed by atoms with E-state index in [-0.39, 0.29) is 6.04 Å². The number of methoxy groups -OCH3 is 1. The van der Waals surface area contributed by atoms with Crippen LogP contribution in [0.4, 0.5) is 0 Å². The molecule has 1 aromatic carbocycles. The van der Waals surface area contributed by atoms with Crippen LogP contribution in [-0.4, -0.2) is 24.2 Å². The van der Waals surface area contributed by atoms with Crippen molar-refractivity contribution in [3.05, 3.63) is 29.8 Å². The molecule has 0 saturated carbocycles. The van der Waals surface area contributed by atoms with Crippen molar-refractivity contribution in [3.8, 4) is 5.75 Å². The first-order valence-electron chi connectivity index (χ1n) is 5.83. The summed E-state index contributed by atoms with van der Waals surface area (Å²) in [5.74, 6) is 0.0579. The Kier molecular flexibility index (Phi) is 3.64. The number of piperidine rings is 1. The van der Waals surface area contributed by atoms with Crippen molar-refractivity contribution in [2.45, 2.75) is 31.3 Å². The van der Waals surface area contributed by atoms with Crippen LogP contribution >= 0.6 is 0 Å². The van der Waals surface area contributed by atoms with E-state index in [9.17, 15) is 4.79 Å². The minimum atomic E-state index is -0.761. The molecule has 4 heteroatoms. The Balaban J connectivity index is 2.08. The predicted octanol–water partition coefficient (Wildman–Crippen LogP) is 1.96. The maximum atomic E-state index is 10.9. The quantitative estimate of drug-likeness (QED) is 0.841. The van der Waals surface area contributed by atoms with E-state index in [1.165, 1.54) is 0 Å². The van der Waals surface area contributed by atoms with Gasteiger partial charge in [-0.15, -0.1) is 0 Å². The average molecular weight is 235 g/mol. The van der Waals surface area contributed by atoms with Gasteiger partial charge in [-0.3, -0.25) is 10.1 Å². The first kappa shape index (κ1) is 11.9. The highest BCUT2D eigenvalue weighted by atomic mass is 16.5. The number of rotatable bonds is 3. The van der Waals surface area contributed by atoms with E-state index in [0.717, 1.165) is 24.2 Å². The molecular formula is C13H17NO3. The zero-order chi connectivity index (χ0) is 12.3. The van der Waals surface area contributed by atoms with E-state index in [4.69, 9.17) is 9.84 Å². The third-order valence-electron chi connectivity index (χ3n) is 3.20. The van der Waals surface area contributed by atoms with Gasteiger partial charge in [-0.25, -0.2) is 0 Å². The second-order valence-electron chi connectivity index (χ2n) is 4.31. The molecular weight excluding hydrogens is 218 g/mol. The summed E-state index contributed by atoms with van der Waals surface area (Å²) in [5, 5.41) is 12.2. The molecule has 1 saturated heterocycles. The van der Waals surface area contributed by atoms with Crippen LogP contribution in [0.15, 0.2) is 24.3 Å². The molecule has 0 spiro atoms. The molecule has 17 heavy (non-hydrogen) atoms. The van der Waals surface area contributed by atoms with Crippen molar-refractivity contribution in [2.75, 3.05) is 7.11 Å². The van der Waals surface area contributed by atoms with Crippen LogP contribution in [0.1, 0.15) is 30.9 Å². The molecule has 1 aromatic rings. The number of hydrogen-bond donors (Lipinski definition) is 2. The molecule has 0 aliphatic carbocycles. The number of carbonyl (C=O) groups is 1. The lowest BCUT2D eigenvalue weighted by Crippen LogP contribution is -2.42. The monoisotopic (exact) mass is 235 g/mol. The van der Waals surface area contributed by atoms with E-state index in [1.54, 1.807) is 7.11 Å². The largest absolute Gasteiger partial charge is 0.497 e. The maximum Gasteiger partial charge on any atom is 0.320 e. The van der Waals surface area contributed by atoms with Gasteiger partial charge >= 0.3 is 5.97 Å². The zero-order valence-electron chi connectivity index (χ0n) is 9.85. The number of ether oxygens (including phenoxy) is 1. The molecule has 2 atom stereocenters. The smallest absolute Gasteiger partial charge is 0.320 e. The van der Waals surface area contributed by atoms with E-state index >= 15 is 0 Å². The number of nitrogens with one attached hydrogen (secondary N) is 1. The fraction of sp³-hybridized carbons (Fsp3) is 0.462. The van der Waals surface area contributed by atoms with E-state index in [1.807, 2.05) is 24.3 Å². The summed E-state index contributed by atoms with van der Waals surface area (Å²) in [4.78, 5) is 10.9. The molecule has 1 heterocycles. The highest BCUT2D eigenvalue weighted by Crippen LogP contribution is 2.26. The Hall–Kier alpha value is -1.55. The number of carboxylic acids is 1. The summed E-state index contributed by atoms with van der Waals surface area (Å²) in [5.41, 5.74) is 1.12. The van der Waals surface area contributed by atoms with Gasteiger partial charge in [0.05, 0.1) is 7.11 Å². The predicted molar refractivity (Wildman–Crippen MR) is 64.1 cm³/mol. The summed E-state index contributed by atoms with van der Waals surface area (Å²) >= 11 is 0. The number of hydrogen-bond acceptors (Lipinski definition) is 3. The summed E-state index contributed by atoms with van der Waals surface area (Å²) in [7, 11) is 1.63. The van der Waals surface area contributed by atoms with Crippen molar-refractivity contribution in [3.63, 3.8) is 0 Å². The highest BCUT2D eigenvalue weighted by Gasteiger charge is 2.26. The molecule has 0 radical (unpaired) electrons. The lowest BCUT2D eigenvalue weighted by Gasteiger charge is -2.28. The van der Waals surface area contributed by atoms with Gasteiger partial charge in [-0.2, -0.15) is 0 Å². The normalized spacial score (nSPS) is 24.3. The molecule has 0 amide bonds. The van der Waals surface area contributed by atoms with Crippen molar-refractivity contribution in [1.82, 2.24) is 5.32 Å². The Bertz CT molecular complexity index is 388. The lowest BCUT2D eigenvalue weighted by atomic mass is 9.93. The van der Waals surface area contributed by atoms with Crippen LogP contribution in [0.25, 0.3) is 0 Å². The topological polar surface area (TPSA) is 58.6 Å². The number of carboxylic acid groups (broad SMARTS) is 1. The van der Waals surface area contributed by atoms with Gasteiger partial charge in [0, 0.05) is 6.04 Å². The SMILES string of the molecule is COc1ccc([C@@H]2CCC[C@H](C(=O)O)N2)cc1. The lowest BCUT2D eigenvalue weighted by molar-refractivity contribution is -0.140. The zero-order valence-corrected chi connectivity index (χ0v) is 9.85. The van der Waals surface area contributed by atoms with Crippen molar-refractivity contribution in [2.24, 2.45) is 0 Å². The molecule has 0 aromatic heterocycles. The minimum Gasteiger partial charge on any atom is -0.497 e. The van der Waals surface area contributed by atoms with Gasteiger partial charge in [0.2, 0.25) is 0 Å². The van der Waals surface area contributed by atoms with E-state index in [2.05, 4.69) is 5.32 Å². The Morgan fingerprint density at radius 2 is 2.06 bits per heavy atom. The molecule has 0 unspecified atom stereocenters. The van der Waals surface area contributed by atoms with Gasteiger partial charge in [0.15, 0.2) is 0 Å². The summed E-state index contributed by atoms with van der Waals surface area (Å²) in [6.45, 7) is 0. The van der Waals surface area contributed by atoms with Crippen molar-refractivity contribution < 1.29 is 14.6 Å². The van der Waals surface area contributed by atoms with Crippen molar-refractivity contribution in [1.29, 1.82) is 0 Å². The molecule has 1 fully saturated rings. The van der Waals surface area contributed by atoms with Crippen molar-refractivity contribution >= 4 is 5.97 Å². The molecule has 2 rings (SSSR count). The van der Waals surface area contributed by atoms with E-state index < -0.39 is 12.0 Å². The van der Waals surface area contributed by atoms with Gasteiger partial charge in [-0.1, -0.05) is 12.1 Å². The molecule has 4 nitrogen and oxygen atoms in total. The Labute approximate surface area is 101 Å². The van der Waals surface area contributed by atoms with E-state index in [0.29, 0.717) is 6.42 Å². The van der Waals surface area contributed by atoms with Gasteiger partial charge in [0.1, 0.15) is 11.8 Å². The summed E-state index contributed by atoms with van der Waals surface area (Å²) < 4.78 is 5.10. The van der Waals surface area contributed by atoms with Gasteiger partial charge < -0.3 is 9.84 Å². The fourth-order valence-electron chi connectivity index (χ4n) is 2.23. The van der Waals surface area contributed by atoms with Crippen LogP contribution in [0.3, 0.4) is 0 Å². The number of aliphatic carboxylic acids is 1. The van der Waals surface area contributed by atoms with Crippen LogP contribution in [0.2, 0.25) is 0 Å². The standard InChI is InChI=1S/C13H17NO3/c1-17-10-7-5-9(6-8-10)11-3-2-4-12(14-11)13(15)16/h5-8,11-12,14H,2-4H2,1H3,(H,15,16)/t11-,12+/m0/s1. The third-order valence-corrected chi connectivity index (χ3v) is 3.20. The Morgan fingerprint density at radius 3 is 2.65 bits per heavy atom. The van der Waals surface area contributed by atoms with Gasteiger partial charge in [0.25, 0.3) is 0 Å². The Morgan fingerprint density at radius 1 is 1.35 bits per heavy atom. The molecule has 1 aliphatic rings. The minimum absolute atomic E-state index is 0.135. The second-order valence-corrected chi connectivity index (χ2v) is 4.31. The fourth-order valence-corrected chi connectivity index (χ4v) is 2.23. The molecule has 0 bridgehead atoms. The highest BCUT2D eigenvalue weighted by molar-refractivity contribution is 5.73. The molecule has 92 valence electrons. The maximum absolute atomic E-state index is 10.9. The summed E-state index contributed by atoms with van der Waals surface area (Å²) in [6.07, 6.45) is 2.64. The molecule has 2 N–H and O–H groups in total. The van der Waals surface area contributed by atoms with Crippen LogP contribution in [0, 0.1) is 0 Å². The number of benzene rings is 1. The van der Waals surface area contributed by atoms with Crippen LogP contribution in [0.5, 0.6) is 5.75 Å². The van der Waals surface area contributed by atoms with Crippen LogP contribution in [-0.2, 0) is 4.79 Å². The molecule has 1 aliphatic heterocycles. The van der Waals surface area contributed by atoms with Crippen LogP contribution < -0.4 is 10.1 Å². The van der Waals surface area contributed by atoms with Gasteiger partial charge in [-0.05, 0) is 37.0 Å². The summed E-state index contributed by atoms with van der Waals surface area (Å²) in [6, 6.07) is 7.50. The first-order valence-corrected chi connectivity index (χ1v) is 5.83. The second kappa shape index (κ2) is 5.19.